The van der Waals surface area contributed by atoms with E-state index in [1.165, 1.54) is 0 Å². The molecule has 3 heterocycles. The van der Waals surface area contributed by atoms with Gasteiger partial charge in [0, 0.05) is 25.2 Å². The summed E-state index contributed by atoms with van der Waals surface area (Å²) < 4.78 is 5.77. The number of hydrogen-bond donors (Lipinski definition) is 1. The molecule has 1 spiro atoms. The summed E-state index contributed by atoms with van der Waals surface area (Å²) >= 11 is 0. The van der Waals surface area contributed by atoms with Crippen LogP contribution in [-0.2, 0) is 9.53 Å². The van der Waals surface area contributed by atoms with Gasteiger partial charge >= 0.3 is 0 Å². The summed E-state index contributed by atoms with van der Waals surface area (Å²) in [6, 6.07) is 5.49. The highest BCUT2D eigenvalue weighted by molar-refractivity contribution is 5.97. The summed E-state index contributed by atoms with van der Waals surface area (Å²) in [7, 11) is 0. The van der Waals surface area contributed by atoms with Crippen molar-refractivity contribution < 1.29 is 14.3 Å². The molecule has 0 unspecified atom stereocenters. The van der Waals surface area contributed by atoms with Crippen LogP contribution in [0.3, 0.4) is 0 Å². The fourth-order valence-electron chi connectivity index (χ4n) is 3.57. The molecule has 0 bridgehead atoms. The Bertz CT molecular complexity index is 876. The average molecular weight is 354 g/mol. The van der Waals surface area contributed by atoms with E-state index in [4.69, 9.17) is 4.74 Å². The molecule has 2 amide bonds. The Morgan fingerprint density at radius 1 is 1.15 bits per heavy atom. The van der Waals surface area contributed by atoms with Gasteiger partial charge in [0.1, 0.15) is 6.61 Å². The van der Waals surface area contributed by atoms with Crippen molar-refractivity contribution in [2.75, 3.05) is 26.2 Å². The van der Waals surface area contributed by atoms with Gasteiger partial charge in [0.25, 0.3) is 5.91 Å². The summed E-state index contributed by atoms with van der Waals surface area (Å²) in [5, 5.41) is 2.87. The summed E-state index contributed by atoms with van der Waals surface area (Å²) in [5.41, 5.74) is 3.62. The highest BCUT2D eigenvalue weighted by Crippen LogP contribution is 2.28. The number of fused-ring (bicyclic) bond motifs is 1. The quantitative estimate of drug-likeness (QED) is 0.836. The highest BCUT2D eigenvalue weighted by Gasteiger charge is 2.40. The summed E-state index contributed by atoms with van der Waals surface area (Å²) in [5.74, 6) is -0.0708. The first-order chi connectivity index (χ1) is 12.5. The van der Waals surface area contributed by atoms with Crippen molar-refractivity contribution in [3.63, 3.8) is 0 Å². The maximum atomic E-state index is 12.9. The van der Waals surface area contributed by atoms with Crippen molar-refractivity contribution in [3.05, 3.63) is 35.2 Å². The zero-order valence-corrected chi connectivity index (χ0v) is 15.0. The number of benzene rings is 1. The molecule has 1 aromatic carbocycles. The van der Waals surface area contributed by atoms with Crippen LogP contribution in [0.5, 0.6) is 0 Å². The zero-order chi connectivity index (χ0) is 18.3. The van der Waals surface area contributed by atoms with E-state index in [0.717, 1.165) is 35.3 Å². The van der Waals surface area contributed by atoms with E-state index in [2.05, 4.69) is 15.3 Å². The van der Waals surface area contributed by atoms with Gasteiger partial charge in [-0.25, -0.2) is 9.97 Å². The number of nitrogens with zero attached hydrogens (tertiary/aromatic N) is 3. The second-order valence-electron chi connectivity index (χ2n) is 7.14. The molecule has 26 heavy (non-hydrogen) atoms. The van der Waals surface area contributed by atoms with Gasteiger partial charge in [-0.15, -0.1) is 0 Å². The predicted molar refractivity (Wildman–Crippen MR) is 95.8 cm³/mol. The van der Waals surface area contributed by atoms with E-state index in [-0.39, 0.29) is 24.0 Å². The second kappa shape index (κ2) is 6.32. The molecule has 2 aliphatic heterocycles. The molecular weight excluding hydrogens is 332 g/mol. The smallest absolute Gasteiger partial charge is 0.253 e. The number of aryl methyl sites for hydroxylation is 2. The number of amides is 2. The van der Waals surface area contributed by atoms with Crippen LogP contribution in [0, 0.1) is 13.8 Å². The molecule has 136 valence electrons. The third-order valence-electron chi connectivity index (χ3n) is 5.40. The van der Waals surface area contributed by atoms with E-state index < -0.39 is 0 Å². The summed E-state index contributed by atoms with van der Waals surface area (Å²) in [6.45, 7) is 5.72. The third-order valence-corrected chi connectivity index (χ3v) is 5.40. The fourth-order valence-corrected chi connectivity index (χ4v) is 3.57. The van der Waals surface area contributed by atoms with Crippen LogP contribution in [0.4, 0.5) is 0 Å². The molecule has 2 saturated heterocycles. The number of piperidine rings is 1. The highest BCUT2D eigenvalue weighted by atomic mass is 16.5. The molecule has 1 N–H and O–H groups in total. The van der Waals surface area contributed by atoms with E-state index in [9.17, 15) is 9.59 Å². The SMILES string of the molecule is Cc1nc2ccc(C(=O)N3CCC4(CC3)CNC(=O)CO4)cc2nc1C. The second-order valence-corrected chi connectivity index (χ2v) is 7.14. The van der Waals surface area contributed by atoms with Gasteiger partial charge in [-0.2, -0.15) is 0 Å². The molecule has 4 rings (SSSR count). The number of ether oxygens (including phenoxy) is 1. The topological polar surface area (TPSA) is 84.4 Å². The molecule has 7 heteroatoms. The predicted octanol–water partition coefficient (Wildman–Crippen LogP) is 1.37. The van der Waals surface area contributed by atoms with E-state index in [0.29, 0.717) is 25.2 Å². The van der Waals surface area contributed by atoms with Crippen molar-refractivity contribution in [1.82, 2.24) is 20.2 Å². The minimum Gasteiger partial charge on any atom is -0.363 e. The van der Waals surface area contributed by atoms with Gasteiger partial charge in [0.2, 0.25) is 5.91 Å². The lowest BCUT2D eigenvalue weighted by molar-refractivity contribution is -0.149. The standard InChI is InChI=1S/C19H22N4O3/c1-12-13(2)22-16-9-14(3-4-15(16)21-12)18(25)23-7-5-19(6-8-23)11-20-17(24)10-26-19/h3-4,9H,5-8,10-11H2,1-2H3,(H,20,24). The van der Waals surface area contributed by atoms with Gasteiger partial charge in [-0.05, 0) is 44.9 Å². The van der Waals surface area contributed by atoms with Crippen LogP contribution in [0.25, 0.3) is 11.0 Å². The maximum absolute atomic E-state index is 12.9. The van der Waals surface area contributed by atoms with Crippen molar-refractivity contribution in [2.45, 2.75) is 32.3 Å². The Hall–Kier alpha value is -2.54. The van der Waals surface area contributed by atoms with Gasteiger partial charge < -0.3 is 15.0 Å². The van der Waals surface area contributed by atoms with E-state index in [1.807, 2.05) is 36.9 Å². The fraction of sp³-hybridized carbons (Fsp3) is 0.474. The zero-order valence-electron chi connectivity index (χ0n) is 15.0. The average Bonchev–Trinajstić information content (AvgIpc) is 2.65. The molecule has 0 saturated carbocycles. The summed E-state index contributed by atoms with van der Waals surface area (Å²) in [6.07, 6.45) is 1.45. The number of carbonyl (C=O) groups excluding carboxylic acids is 2. The normalized spacial score (nSPS) is 19.6. The Morgan fingerprint density at radius 2 is 1.85 bits per heavy atom. The number of hydrogen-bond acceptors (Lipinski definition) is 5. The Morgan fingerprint density at radius 3 is 2.50 bits per heavy atom. The molecular formula is C19H22N4O3. The first kappa shape index (κ1) is 16.9. The van der Waals surface area contributed by atoms with Crippen LogP contribution in [0.1, 0.15) is 34.6 Å². The van der Waals surface area contributed by atoms with E-state index >= 15 is 0 Å². The molecule has 2 fully saturated rings. The lowest BCUT2D eigenvalue weighted by Gasteiger charge is -2.43. The third kappa shape index (κ3) is 3.03. The number of rotatable bonds is 1. The first-order valence-corrected chi connectivity index (χ1v) is 8.91. The van der Waals surface area contributed by atoms with Crippen LogP contribution in [-0.4, -0.2) is 58.5 Å². The molecule has 0 atom stereocenters. The van der Waals surface area contributed by atoms with Crippen LogP contribution in [0.2, 0.25) is 0 Å². The monoisotopic (exact) mass is 354 g/mol. The largest absolute Gasteiger partial charge is 0.363 e. The minimum absolute atomic E-state index is 0.00150. The minimum atomic E-state index is -0.325. The lowest BCUT2D eigenvalue weighted by atomic mass is 9.89. The van der Waals surface area contributed by atoms with Crippen LogP contribution in [0.15, 0.2) is 18.2 Å². The Kier molecular flexibility index (Phi) is 4.11. The maximum Gasteiger partial charge on any atom is 0.253 e. The molecule has 7 nitrogen and oxygen atoms in total. The van der Waals surface area contributed by atoms with Crippen LogP contribution < -0.4 is 5.32 Å². The number of carbonyl (C=O) groups is 2. The van der Waals surface area contributed by atoms with Gasteiger partial charge in [-0.3, -0.25) is 9.59 Å². The number of nitrogens with one attached hydrogen (secondary N) is 1. The molecule has 1 aromatic heterocycles. The van der Waals surface area contributed by atoms with Crippen molar-refractivity contribution in [1.29, 1.82) is 0 Å². The molecule has 2 aliphatic rings. The Balaban J connectivity index is 1.49. The summed E-state index contributed by atoms with van der Waals surface area (Å²) in [4.78, 5) is 35.1. The number of likely N-dealkylation sites (tertiary alicyclic amines) is 1. The Labute approximate surface area is 151 Å². The van der Waals surface area contributed by atoms with Crippen LogP contribution >= 0.6 is 0 Å². The van der Waals surface area contributed by atoms with Crippen molar-refractivity contribution in [2.24, 2.45) is 0 Å². The molecule has 2 aromatic rings. The number of aromatic nitrogens is 2. The van der Waals surface area contributed by atoms with Gasteiger partial charge in [0.15, 0.2) is 0 Å². The molecule has 0 radical (unpaired) electrons. The van der Waals surface area contributed by atoms with Gasteiger partial charge in [-0.1, -0.05) is 0 Å². The first-order valence-electron chi connectivity index (χ1n) is 8.91. The van der Waals surface area contributed by atoms with Crippen molar-refractivity contribution >= 4 is 22.8 Å². The number of morpholine rings is 1. The molecule has 0 aliphatic carbocycles. The lowest BCUT2D eigenvalue weighted by Crippen LogP contribution is -2.58. The van der Waals surface area contributed by atoms with E-state index in [1.54, 1.807) is 0 Å². The van der Waals surface area contributed by atoms with Gasteiger partial charge in [0.05, 0.1) is 28.0 Å². The van der Waals surface area contributed by atoms with Crippen molar-refractivity contribution in [3.8, 4) is 0 Å².